The summed E-state index contributed by atoms with van der Waals surface area (Å²) in [5.74, 6) is 0. The molecule has 0 aromatic heterocycles. The zero-order valence-electron chi connectivity index (χ0n) is 14.5. The number of hydrogen-bond donors (Lipinski definition) is 3. The van der Waals surface area contributed by atoms with Crippen molar-refractivity contribution in [3.8, 4) is 0 Å². The standard InChI is InChI=1S/C18H22N4O3/c1-12(2)20-15-6-4-5-14(9-15)11-19-18(23)21-17-10-16(22(24)25)8-7-13(17)3/h4-10,12,20H,11H2,1-3H3,(H2,19,21,23). The Kier molecular flexibility index (Phi) is 5.94. The van der Waals surface area contributed by atoms with E-state index in [0.29, 0.717) is 18.3 Å². The van der Waals surface area contributed by atoms with Crippen molar-refractivity contribution in [3.63, 3.8) is 0 Å². The molecule has 0 unspecified atom stereocenters. The summed E-state index contributed by atoms with van der Waals surface area (Å²) < 4.78 is 0. The molecule has 2 aromatic carbocycles. The van der Waals surface area contributed by atoms with Gasteiger partial charge in [-0.15, -0.1) is 0 Å². The second-order valence-electron chi connectivity index (χ2n) is 6.06. The minimum Gasteiger partial charge on any atom is -0.383 e. The van der Waals surface area contributed by atoms with E-state index in [1.54, 1.807) is 13.0 Å². The number of anilines is 2. The average Bonchev–Trinajstić information content (AvgIpc) is 2.54. The number of nitrogens with zero attached hydrogens (tertiary/aromatic N) is 1. The molecule has 0 saturated carbocycles. The second-order valence-corrected chi connectivity index (χ2v) is 6.06. The van der Waals surface area contributed by atoms with Crippen LogP contribution in [0.15, 0.2) is 42.5 Å². The van der Waals surface area contributed by atoms with Gasteiger partial charge >= 0.3 is 6.03 Å². The lowest BCUT2D eigenvalue weighted by molar-refractivity contribution is -0.384. The summed E-state index contributed by atoms with van der Waals surface area (Å²) in [5.41, 5.74) is 3.06. The van der Waals surface area contributed by atoms with Gasteiger partial charge in [-0.2, -0.15) is 0 Å². The number of nitro groups is 1. The Morgan fingerprint density at radius 1 is 1.20 bits per heavy atom. The van der Waals surface area contributed by atoms with E-state index in [2.05, 4.69) is 29.8 Å². The van der Waals surface area contributed by atoms with Crippen LogP contribution in [0.4, 0.5) is 21.9 Å². The van der Waals surface area contributed by atoms with E-state index in [4.69, 9.17) is 0 Å². The van der Waals surface area contributed by atoms with Gasteiger partial charge in [-0.25, -0.2) is 4.79 Å². The Balaban J connectivity index is 1.97. The molecular formula is C18H22N4O3. The maximum atomic E-state index is 12.1. The number of benzene rings is 2. The molecule has 2 rings (SSSR count). The summed E-state index contributed by atoms with van der Waals surface area (Å²) >= 11 is 0. The molecule has 0 bridgehead atoms. The van der Waals surface area contributed by atoms with Crippen molar-refractivity contribution in [3.05, 3.63) is 63.7 Å². The molecule has 0 aliphatic carbocycles. The molecule has 3 N–H and O–H groups in total. The van der Waals surface area contributed by atoms with Crippen molar-refractivity contribution in [2.24, 2.45) is 0 Å². The van der Waals surface area contributed by atoms with Gasteiger partial charge in [0, 0.05) is 30.4 Å². The Hall–Kier alpha value is -3.09. The molecule has 2 aromatic rings. The molecule has 0 heterocycles. The SMILES string of the molecule is Cc1ccc([N+](=O)[O-])cc1NC(=O)NCc1cccc(NC(C)C)c1. The summed E-state index contributed by atoms with van der Waals surface area (Å²) in [6.07, 6.45) is 0. The topological polar surface area (TPSA) is 96.3 Å². The van der Waals surface area contributed by atoms with Gasteiger partial charge < -0.3 is 16.0 Å². The lowest BCUT2D eigenvalue weighted by atomic mass is 10.2. The third-order valence-electron chi connectivity index (χ3n) is 3.52. The highest BCUT2D eigenvalue weighted by Crippen LogP contribution is 2.21. The van der Waals surface area contributed by atoms with E-state index in [9.17, 15) is 14.9 Å². The van der Waals surface area contributed by atoms with Gasteiger partial charge in [-0.1, -0.05) is 18.2 Å². The highest BCUT2D eigenvalue weighted by atomic mass is 16.6. The van der Waals surface area contributed by atoms with Crippen LogP contribution in [0.5, 0.6) is 0 Å². The van der Waals surface area contributed by atoms with Crippen molar-refractivity contribution >= 4 is 23.1 Å². The molecule has 0 fully saturated rings. The molecule has 0 aliphatic heterocycles. The van der Waals surface area contributed by atoms with Crippen molar-refractivity contribution in [2.75, 3.05) is 10.6 Å². The Morgan fingerprint density at radius 2 is 1.96 bits per heavy atom. The van der Waals surface area contributed by atoms with Gasteiger partial charge in [0.25, 0.3) is 5.69 Å². The number of amides is 2. The largest absolute Gasteiger partial charge is 0.383 e. The molecule has 0 saturated heterocycles. The molecule has 25 heavy (non-hydrogen) atoms. The zero-order valence-corrected chi connectivity index (χ0v) is 14.5. The van der Waals surface area contributed by atoms with Gasteiger partial charge in [0.15, 0.2) is 0 Å². The lowest BCUT2D eigenvalue weighted by Gasteiger charge is -2.12. The highest BCUT2D eigenvalue weighted by molar-refractivity contribution is 5.90. The van der Waals surface area contributed by atoms with Crippen molar-refractivity contribution in [1.29, 1.82) is 0 Å². The Morgan fingerprint density at radius 3 is 2.64 bits per heavy atom. The third-order valence-corrected chi connectivity index (χ3v) is 3.52. The summed E-state index contributed by atoms with van der Waals surface area (Å²) in [6, 6.07) is 12.1. The molecule has 0 atom stereocenters. The van der Waals surface area contributed by atoms with Crippen LogP contribution < -0.4 is 16.0 Å². The maximum Gasteiger partial charge on any atom is 0.319 e. The average molecular weight is 342 g/mol. The van der Waals surface area contributed by atoms with Gasteiger partial charge in [-0.3, -0.25) is 10.1 Å². The molecular weight excluding hydrogens is 320 g/mol. The first-order valence-corrected chi connectivity index (χ1v) is 8.00. The maximum absolute atomic E-state index is 12.1. The molecule has 0 aliphatic rings. The molecule has 2 amide bonds. The normalized spacial score (nSPS) is 10.4. The van der Waals surface area contributed by atoms with E-state index in [1.165, 1.54) is 12.1 Å². The number of urea groups is 1. The fourth-order valence-corrected chi connectivity index (χ4v) is 2.31. The first kappa shape index (κ1) is 18.3. The number of nitrogens with one attached hydrogen (secondary N) is 3. The Labute approximate surface area is 146 Å². The van der Waals surface area contributed by atoms with Gasteiger partial charge in [0.2, 0.25) is 0 Å². The quantitative estimate of drug-likeness (QED) is 0.545. The van der Waals surface area contributed by atoms with Crippen molar-refractivity contribution < 1.29 is 9.72 Å². The summed E-state index contributed by atoms with van der Waals surface area (Å²) in [6.45, 7) is 6.24. The fourth-order valence-electron chi connectivity index (χ4n) is 2.31. The van der Waals surface area contributed by atoms with Crippen molar-refractivity contribution in [2.45, 2.75) is 33.4 Å². The molecule has 0 radical (unpaired) electrons. The number of rotatable bonds is 6. The first-order valence-electron chi connectivity index (χ1n) is 8.00. The first-order chi connectivity index (χ1) is 11.8. The number of non-ortho nitro benzene ring substituents is 1. The molecule has 132 valence electrons. The smallest absolute Gasteiger partial charge is 0.319 e. The summed E-state index contributed by atoms with van der Waals surface area (Å²) in [5, 5.41) is 19.6. The summed E-state index contributed by atoms with van der Waals surface area (Å²) in [7, 11) is 0. The van der Waals surface area contributed by atoms with Crippen LogP contribution in [0.2, 0.25) is 0 Å². The van der Waals surface area contributed by atoms with E-state index in [1.807, 2.05) is 24.3 Å². The number of hydrogen-bond acceptors (Lipinski definition) is 4. The van der Waals surface area contributed by atoms with Crippen LogP contribution in [0.25, 0.3) is 0 Å². The van der Waals surface area contributed by atoms with Crippen LogP contribution in [0, 0.1) is 17.0 Å². The van der Waals surface area contributed by atoms with Gasteiger partial charge in [0.1, 0.15) is 0 Å². The van der Waals surface area contributed by atoms with Crippen LogP contribution >= 0.6 is 0 Å². The highest BCUT2D eigenvalue weighted by Gasteiger charge is 2.11. The third kappa shape index (κ3) is 5.49. The lowest BCUT2D eigenvalue weighted by Crippen LogP contribution is -2.28. The fraction of sp³-hybridized carbons (Fsp3) is 0.278. The number of carbonyl (C=O) groups is 1. The number of carbonyl (C=O) groups excluding carboxylic acids is 1. The van der Waals surface area contributed by atoms with Crippen LogP contribution in [0.1, 0.15) is 25.0 Å². The Bertz CT molecular complexity index is 775. The molecule has 0 spiro atoms. The summed E-state index contributed by atoms with van der Waals surface area (Å²) in [4.78, 5) is 22.4. The van der Waals surface area contributed by atoms with Crippen LogP contribution in [0.3, 0.4) is 0 Å². The second kappa shape index (κ2) is 8.14. The minimum absolute atomic E-state index is 0.0617. The molecule has 7 nitrogen and oxygen atoms in total. The van der Waals surface area contributed by atoms with E-state index < -0.39 is 11.0 Å². The van der Waals surface area contributed by atoms with E-state index in [-0.39, 0.29) is 5.69 Å². The monoisotopic (exact) mass is 342 g/mol. The molecule has 7 heteroatoms. The van der Waals surface area contributed by atoms with E-state index in [0.717, 1.165) is 16.8 Å². The number of aryl methyl sites for hydroxylation is 1. The van der Waals surface area contributed by atoms with Crippen LogP contribution in [-0.2, 0) is 6.54 Å². The number of nitro benzene ring substituents is 1. The van der Waals surface area contributed by atoms with Gasteiger partial charge in [0.05, 0.1) is 10.6 Å². The van der Waals surface area contributed by atoms with Crippen LogP contribution in [-0.4, -0.2) is 17.0 Å². The van der Waals surface area contributed by atoms with Crippen molar-refractivity contribution in [1.82, 2.24) is 5.32 Å². The van der Waals surface area contributed by atoms with Gasteiger partial charge in [-0.05, 0) is 44.0 Å². The predicted molar refractivity (Wildman–Crippen MR) is 98.9 cm³/mol. The zero-order chi connectivity index (χ0) is 18.4. The predicted octanol–water partition coefficient (Wildman–Crippen LogP) is 4.05. The minimum atomic E-state index is -0.490. The van der Waals surface area contributed by atoms with E-state index >= 15 is 0 Å².